The highest BCUT2D eigenvalue weighted by atomic mass is 32.2. The number of anilines is 1. The van der Waals surface area contributed by atoms with E-state index in [-0.39, 0.29) is 17.6 Å². The highest BCUT2D eigenvalue weighted by Gasteiger charge is 2.43. The minimum Gasteiger partial charge on any atom is -0.364 e. The number of amides is 2. The van der Waals surface area contributed by atoms with Crippen LogP contribution >= 0.6 is 11.8 Å². The van der Waals surface area contributed by atoms with Gasteiger partial charge in [0.2, 0.25) is 11.9 Å². The van der Waals surface area contributed by atoms with Gasteiger partial charge in [-0.3, -0.25) is 14.3 Å². The quantitative estimate of drug-likeness (QED) is 0.0861. The number of hydrogen-bond acceptors (Lipinski definition) is 7. The average molecular weight is 740 g/mol. The minimum atomic E-state index is -1.22. The SMILES string of the molecule is CSCCn1ncc([C@@H](C(=O)Nc2ccc(-c3c(C)nn(COCC[Si](C)(C)C)c3C)c(F)n2)C(C2CCCCC2)C2CCCCC2)c1C(N)=O. The van der Waals surface area contributed by atoms with Gasteiger partial charge in [0.1, 0.15) is 18.2 Å². The first kappa shape index (κ1) is 39.2. The number of primary amides is 1. The second-order valence-electron chi connectivity index (χ2n) is 15.8. The number of thioether (sulfide) groups is 1. The monoisotopic (exact) mass is 739 g/mol. The van der Waals surface area contributed by atoms with E-state index in [4.69, 9.17) is 10.5 Å². The summed E-state index contributed by atoms with van der Waals surface area (Å²) in [4.78, 5) is 32.0. The molecule has 2 saturated carbocycles. The van der Waals surface area contributed by atoms with Crippen molar-refractivity contribution in [1.82, 2.24) is 24.5 Å². The number of pyridine rings is 1. The molecular weight excluding hydrogens is 682 g/mol. The molecule has 2 aliphatic rings. The van der Waals surface area contributed by atoms with Crippen molar-refractivity contribution in [3.05, 3.63) is 46.9 Å². The van der Waals surface area contributed by atoms with Gasteiger partial charge in [-0.2, -0.15) is 26.3 Å². The van der Waals surface area contributed by atoms with E-state index in [1.54, 1.807) is 39.5 Å². The Labute approximate surface area is 308 Å². The summed E-state index contributed by atoms with van der Waals surface area (Å²) in [6.45, 7) is 12.2. The number of carbonyl (C=O) groups is 2. The predicted molar refractivity (Wildman–Crippen MR) is 206 cm³/mol. The van der Waals surface area contributed by atoms with Crippen molar-refractivity contribution in [2.75, 3.05) is 23.9 Å². The summed E-state index contributed by atoms with van der Waals surface area (Å²) in [6.07, 6.45) is 14.8. The van der Waals surface area contributed by atoms with Crippen LogP contribution in [-0.4, -0.2) is 63.0 Å². The van der Waals surface area contributed by atoms with Gasteiger partial charge in [0.25, 0.3) is 5.91 Å². The molecule has 0 spiro atoms. The van der Waals surface area contributed by atoms with Gasteiger partial charge in [-0.05, 0) is 56.0 Å². The fourth-order valence-corrected chi connectivity index (χ4v) is 9.48. The molecule has 3 aromatic heterocycles. The zero-order chi connectivity index (χ0) is 36.7. The summed E-state index contributed by atoms with van der Waals surface area (Å²) in [5.41, 5.74) is 9.36. The lowest BCUT2D eigenvalue weighted by Gasteiger charge is -2.41. The third-order valence-corrected chi connectivity index (χ3v) is 13.3. The van der Waals surface area contributed by atoms with Crippen LogP contribution < -0.4 is 11.1 Å². The Morgan fingerprint density at radius 2 is 1.69 bits per heavy atom. The van der Waals surface area contributed by atoms with Gasteiger partial charge in [-0.1, -0.05) is 83.8 Å². The van der Waals surface area contributed by atoms with Crippen LogP contribution in [0.15, 0.2) is 18.3 Å². The zero-order valence-electron chi connectivity index (χ0n) is 31.5. The molecule has 0 saturated heterocycles. The van der Waals surface area contributed by atoms with E-state index in [2.05, 4.69) is 40.1 Å². The van der Waals surface area contributed by atoms with E-state index >= 15 is 4.39 Å². The van der Waals surface area contributed by atoms with Crippen LogP contribution in [0.2, 0.25) is 25.7 Å². The Morgan fingerprint density at radius 1 is 1.04 bits per heavy atom. The van der Waals surface area contributed by atoms with E-state index in [1.165, 1.54) is 12.8 Å². The first-order valence-corrected chi connectivity index (χ1v) is 23.9. The van der Waals surface area contributed by atoms with Crippen molar-refractivity contribution in [2.45, 2.75) is 123 Å². The number of hydrogen-bond donors (Lipinski definition) is 2. The maximum absolute atomic E-state index is 15.9. The molecule has 1 atom stereocenters. The summed E-state index contributed by atoms with van der Waals surface area (Å²) >= 11 is 1.66. The van der Waals surface area contributed by atoms with E-state index in [9.17, 15) is 9.59 Å². The Hall–Kier alpha value is -3.03. The third kappa shape index (κ3) is 9.70. The lowest BCUT2D eigenvalue weighted by atomic mass is 9.63. The molecule has 0 radical (unpaired) electrons. The summed E-state index contributed by atoms with van der Waals surface area (Å²) in [5, 5.41) is 12.2. The van der Waals surface area contributed by atoms with Crippen LogP contribution in [0.1, 0.15) is 97.6 Å². The van der Waals surface area contributed by atoms with E-state index in [0.29, 0.717) is 59.8 Å². The van der Waals surface area contributed by atoms with Gasteiger partial charge in [0, 0.05) is 42.8 Å². The van der Waals surface area contributed by atoms with Crippen molar-refractivity contribution >= 4 is 37.5 Å². The topological polar surface area (TPSA) is 130 Å². The molecule has 3 heterocycles. The van der Waals surface area contributed by atoms with E-state index in [1.807, 2.05) is 20.1 Å². The van der Waals surface area contributed by atoms with Gasteiger partial charge in [-0.25, -0.2) is 9.67 Å². The lowest BCUT2D eigenvalue weighted by Crippen LogP contribution is -2.39. The minimum absolute atomic E-state index is 0.00937. The first-order chi connectivity index (χ1) is 24.4. The zero-order valence-corrected chi connectivity index (χ0v) is 33.3. The predicted octanol–water partition coefficient (Wildman–Crippen LogP) is 8.17. The van der Waals surface area contributed by atoms with Crippen LogP contribution in [0.25, 0.3) is 11.1 Å². The Balaban J connectivity index is 1.46. The third-order valence-electron chi connectivity index (χ3n) is 11.0. The molecule has 2 fully saturated rings. The summed E-state index contributed by atoms with van der Waals surface area (Å²) in [6, 6.07) is 4.37. The van der Waals surface area contributed by atoms with Crippen LogP contribution in [0, 0.1) is 37.5 Å². The molecule has 51 heavy (non-hydrogen) atoms. The smallest absolute Gasteiger partial charge is 0.267 e. The highest BCUT2D eigenvalue weighted by Crippen LogP contribution is 2.48. The Kier molecular flexibility index (Phi) is 13.6. The van der Waals surface area contributed by atoms with Crippen LogP contribution in [0.5, 0.6) is 0 Å². The van der Waals surface area contributed by atoms with Crippen molar-refractivity contribution < 1.29 is 18.7 Å². The van der Waals surface area contributed by atoms with Gasteiger partial charge >= 0.3 is 0 Å². The van der Waals surface area contributed by atoms with Gasteiger partial charge < -0.3 is 15.8 Å². The average Bonchev–Trinajstić information content (AvgIpc) is 3.64. The van der Waals surface area contributed by atoms with Crippen molar-refractivity contribution in [2.24, 2.45) is 23.5 Å². The molecule has 3 aromatic rings. The summed E-state index contributed by atoms with van der Waals surface area (Å²) in [5.74, 6) is -0.675. The number of aryl methyl sites for hydroxylation is 2. The normalized spacial score (nSPS) is 16.9. The number of nitrogens with zero attached hydrogens (tertiary/aromatic N) is 5. The fourth-order valence-electron chi connectivity index (χ4n) is 8.37. The first-order valence-electron chi connectivity index (χ1n) is 18.8. The molecule has 3 N–H and O–H groups in total. The number of ether oxygens (including phenoxy) is 1. The van der Waals surface area contributed by atoms with Crippen LogP contribution in [0.3, 0.4) is 0 Å². The summed E-state index contributed by atoms with van der Waals surface area (Å²) < 4.78 is 25.3. The summed E-state index contributed by atoms with van der Waals surface area (Å²) in [7, 11) is -1.22. The molecule has 2 aliphatic carbocycles. The van der Waals surface area contributed by atoms with Gasteiger partial charge in [0.05, 0.1) is 24.4 Å². The van der Waals surface area contributed by atoms with E-state index < -0.39 is 25.8 Å². The molecule has 10 nitrogen and oxygen atoms in total. The second kappa shape index (κ2) is 17.7. The van der Waals surface area contributed by atoms with Crippen LogP contribution in [0.4, 0.5) is 10.2 Å². The lowest BCUT2D eigenvalue weighted by molar-refractivity contribution is -0.120. The number of carbonyl (C=O) groups excluding carboxylic acids is 2. The highest BCUT2D eigenvalue weighted by molar-refractivity contribution is 7.98. The standard InChI is InChI=1S/C38H58FN7O3SSi/c1-25-32(26(2)46(44-25)24-49-20-22-51(4,5)6)29-17-18-31(42-36(29)39)43-38(48)34(30-23-41-45(19-21-50-3)35(30)37(40)47)33(27-13-9-7-10-14-27)28-15-11-8-12-16-28/h17-18,23,27-28,33-34H,7-16,19-22,24H2,1-6H3,(H2,40,47)(H,42,43,48)/t34-/m1/s1. The number of rotatable bonds is 16. The molecule has 0 bridgehead atoms. The maximum Gasteiger partial charge on any atom is 0.267 e. The number of nitrogens with one attached hydrogen (secondary N) is 1. The van der Waals surface area contributed by atoms with Crippen molar-refractivity contribution in [3.8, 4) is 11.1 Å². The van der Waals surface area contributed by atoms with Crippen molar-refractivity contribution in [1.29, 1.82) is 0 Å². The van der Waals surface area contributed by atoms with Crippen LogP contribution in [-0.2, 0) is 22.8 Å². The molecule has 0 unspecified atom stereocenters. The maximum atomic E-state index is 15.9. The number of aromatic nitrogens is 5. The second-order valence-corrected chi connectivity index (χ2v) is 22.4. The fraction of sp³-hybridized carbons (Fsp3) is 0.658. The Morgan fingerprint density at radius 3 is 2.25 bits per heavy atom. The van der Waals surface area contributed by atoms with E-state index in [0.717, 1.165) is 68.9 Å². The molecule has 280 valence electrons. The van der Waals surface area contributed by atoms with Crippen molar-refractivity contribution in [3.63, 3.8) is 0 Å². The molecule has 13 heteroatoms. The van der Waals surface area contributed by atoms with Gasteiger partial charge in [0.15, 0.2) is 0 Å². The van der Waals surface area contributed by atoms with Gasteiger partial charge in [-0.15, -0.1) is 0 Å². The molecule has 2 amide bonds. The number of halogens is 1. The number of nitrogens with two attached hydrogens (primary N) is 1. The largest absolute Gasteiger partial charge is 0.364 e. The molecule has 0 aromatic carbocycles. The molecule has 0 aliphatic heterocycles. The Bertz CT molecular complexity index is 1620. The molecular formula is C38H58FN7O3SSi. The molecule has 5 rings (SSSR count).